The van der Waals surface area contributed by atoms with Crippen molar-refractivity contribution in [3.05, 3.63) is 91.8 Å². The van der Waals surface area contributed by atoms with Crippen LogP contribution in [-0.2, 0) is 12.8 Å². The van der Waals surface area contributed by atoms with Crippen molar-refractivity contribution in [2.24, 2.45) is 0 Å². The van der Waals surface area contributed by atoms with E-state index in [2.05, 4.69) is 16.0 Å². The van der Waals surface area contributed by atoms with Gasteiger partial charge in [0.05, 0.1) is 17.9 Å². The van der Waals surface area contributed by atoms with Crippen molar-refractivity contribution >= 4 is 10.9 Å². The number of quaternary nitrogens is 1. The van der Waals surface area contributed by atoms with Crippen molar-refractivity contribution in [3.63, 3.8) is 0 Å². The van der Waals surface area contributed by atoms with Gasteiger partial charge in [0.15, 0.2) is 6.04 Å². The number of nitrogens with two attached hydrogens (primary N) is 1. The summed E-state index contributed by atoms with van der Waals surface area (Å²) in [6.07, 6.45) is 1.74. The van der Waals surface area contributed by atoms with E-state index in [0.717, 1.165) is 47.1 Å². The Labute approximate surface area is 172 Å². The molecule has 0 amide bonds. The third-order valence-corrected chi connectivity index (χ3v) is 5.99. The Kier molecular flexibility index (Phi) is 4.33. The summed E-state index contributed by atoms with van der Waals surface area (Å²) in [5.41, 5.74) is 3.66. The van der Waals surface area contributed by atoms with Gasteiger partial charge < -0.3 is 15.4 Å². The zero-order valence-corrected chi connectivity index (χ0v) is 16.6. The predicted molar refractivity (Wildman–Crippen MR) is 114 cm³/mol. The minimum absolute atomic E-state index is 0.182. The van der Waals surface area contributed by atoms with E-state index < -0.39 is 17.3 Å². The van der Waals surface area contributed by atoms with Crippen LogP contribution in [0.2, 0.25) is 0 Å². The molecule has 1 aliphatic rings. The molecule has 2 aromatic heterocycles. The highest BCUT2D eigenvalue weighted by Gasteiger charge is 2.34. The molecule has 0 fully saturated rings. The molecular weight excluding hydrogens is 380 g/mol. The lowest BCUT2D eigenvalue weighted by Crippen LogP contribution is -2.87. The Bertz CT molecular complexity index is 1360. The number of aromatic hydroxyl groups is 1. The summed E-state index contributed by atoms with van der Waals surface area (Å²) in [6.45, 7) is 2.83. The minimum Gasteiger partial charge on any atom is -0.494 e. The molecule has 5 rings (SSSR count). The van der Waals surface area contributed by atoms with E-state index in [9.17, 15) is 14.7 Å². The van der Waals surface area contributed by atoms with Crippen molar-refractivity contribution in [2.45, 2.75) is 25.8 Å². The number of fused-ring (bicyclic) bond motifs is 3. The fourth-order valence-corrected chi connectivity index (χ4v) is 4.47. The van der Waals surface area contributed by atoms with Gasteiger partial charge in [0.2, 0.25) is 5.88 Å². The van der Waals surface area contributed by atoms with Gasteiger partial charge in [-0.3, -0.25) is 9.78 Å². The van der Waals surface area contributed by atoms with E-state index in [-0.39, 0.29) is 11.4 Å². The lowest BCUT2D eigenvalue weighted by molar-refractivity contribution is -0.690. The SMILES string of the molecule is CCc1ccc(-n2c(O)c([C@H]3[NH2+]CCc4c3[nH]c3ccccc43)c(=O)[nH]c2=O)cc1. The molecular formula is C23H23N4O3+. The molecule has 4 aromatic rings. The van der Waals surface area contributed by atoms with E-state index in [0.29, 0.717) is 5.69 Å². The summed E-state index contributed by atoms with van der Waals surface area (Å²) in [7, 11) is 0. The Morgan fingerprint density at radius 1 is 1.10 bits per heavy atom. The normalized spacial score (nSPS) is 16.0. The largest absolute Gasteiger partial charge is 0.494 e. The first-order chi connectivity index (χ1) is 14.6. The van der Waals surface area contributed by atoms with Crippen LogP contribution >= 0.6 is 0 Å². The van der Waals surface area contributed by atoms with E-state index in [1.807, 2.05) is 42.6 Å². The Morgan fingerprint density at radius 2 is 1.87 bits per heavy atom. The Hall–Kier alpha value is -3.58. The Balaban J connectivity index is 1.71. The number of aromatic nitrogens is 3. The first-order valence-corrected chi connectivity index (χ1v) is 10.2. The molecule has 1 aliphatic heterocycles. The average molecular weight is 403 g/mol. The summed E-state index contributed by atoms with van der Waals surface area (Å²) >= 11 is 0. The highest BCUT2D eigenvalue weighted by Crippen LogP contribution is 2.32. The van der Waals surface area contributed by atoms with Crippen molar-refractivity contribution < 1.29 is 10.4 Å². The standard InChI is InChI=1S/C23H22N4O3/c1-2-13-7-9-14(10-8-13)27-22(29)18(21(28)26-23(27)30)20-19-16(11-12-24-20)15-5-3-4-6-17(15)25-19/h3-10,20,24-25,29H,2,11-12H2,1H3,(H,26,28,30)/p+1/t20-/m1/s1. The zero-order chi connectivity index (χ0) is 20.8. The number of hydrogen-bond acceptors (Lipinski definition) is 3. The summed E-state index contributed by atoms with van der Waals surface area (Å²) < 4.78 is 1.17. The molecule has 5 N–H and O–H groups in total. The van der Waals surface area contributed by atoms with Gasteiger partial charge >= 0.3 is 5.69 Å². The van der Waals surface area contributed by atoms with E-state index in [1.165, 1.54) is 4.57 Å². The monoisotopic (exact) mass is 403 g/mol. The van der Waals surface area contributed by atoms with Crippen LogP contribution in [0.4, 0.5) is 0 Å². The maximum Gasteiger partial charge on any atom is 0.335 e. The van der Waals surface area contributed by atoms with Crippen LogP contribution in [-0.4, -0.2) is 26.2 Å². The summed E-state index contributed by atoms with van der Waals surface area (Å²) in [4.78, 5) is 31.2. The molecule has 3 heterocycles. The zero-order valence-electron chi connectivity index (χ0n) is 16.6. The molecule has 1 atom stereocenters. The molecule has 0 spiro atoms. The topological polar surface area (TPSA) is 107 Å². The van der Waals surface area contributed by atoms with Crippen LogP contribution in [0.25, 0.3) is 16.6 Å². The average Bonchev–Trinajstić information content (AvgIpc) is 3.13. The maximum atomic E-state index is 12.8. The van der Waals surface area contributed by atoms with Crippen LogP contribution in [0.1, 0.15) is 35.3 Å². The fourth-order valence-electron chi connectivity index (χ4n) is 4.47. The second-order valence-corrected chi connectivity index (χ2v) is 7.67. The first kappa shape index (κ1) is 18.4. The molecule has 0 saturated heterocycles. The van der Waals surface area contributed by atoms with Crippen molar-refractivity contribution in [1.29, 1.82) is 0 Å². The molecule has 7 nitrogen and oxygen atoms in total. The number of hydrogen-bond donors (Lipinski definition) is 4. The Morgan fingerprint density at radius 3 is 2.63 bits per heavy atom. The number of aromatic amines is 2. The number of nitrogens with one attached hydrogen (secondary N) is 2. The van der Waals surface area contributed by atoms with Crippen LogP contribution < -0.4 is 16.6 Å². The molecule has 7 heteroatoms. The van der Waals surface area contributed by atoms with Gasteiger partial charge in [0, 0.05) is 17.3 Å². The fraction of sp³-hybridized carbons (Fsp3) is 0.217. The third kappa shape index (κ3) is 2.78. The number of nitrogens with zero attached hydrogens (tertiary/aromatic N) is 1. The molecule has 0 bridgehead atoms. The van der Waals surface area contributed by atoms with E-state index >= 15 is 0 Å². The molecule has 0 aliphatic carbocycles. The molecule has 0 unspecified atom stereocenters. The van der Waals surface area contributed by atoms with Gasteiger partial charge in [-0.25, -0.2) is 9.36 Å². The van der Waals surface area contributed by atoms with Gasteiger partial charge in [-0.15, -0.1) is 0 Å². The van der Waals surface area contributed by atoms with Gasteiger partial charge in [0.25, 0.3) is 5.56 Å². The predicted octanol–water partition coefficient (Wildman–Crippen LogP) is 1.48. The summed E-state index contributed by atoms with van der Waals surface area (Å²) in [5, 5.41) is 14.2. The van der Waals surface area contributed by atoms with E-state index in [4.69, 9.17) is 0 Å². The third-order valence-electron chi connectivity index (χ3n) is 5.99. The minimum atomic E-state index is -0.654. The number of H-pyrrole nitrogens is 2. The maximum absolute atomic E-state index is 12.8. The molecule has 2 aromatic carbocycles. The lowest BCUT2D eigenvalue weighted by Gasteiger charge is -2.22. The summed E-state index contributed by atoms with van der Waals surface area (Å²) in [6, 6.07) is 15.0. The van der Waals surface area contributed by atoms with Crippen molar-refractivity contribution in [1.82, 2.24) is 14.5 Å². The highest BCUT2D eigenvalue weighted by atomic mass is 16.3. The lowest BCUT2D eigenvalue weighted by atomic mass is 9.95. The second-order valence-electron chi connectivity index (χ2n) is 7.67. The van der Waals surface area contributed by atoms with Crippen molar-refractivity contribution in [2.75, 3.05) is 6.54 Å². The number of rotatable bonds is 3. The van der Waals surface area contributed by atoms with Crippen molar-refractivity contribution in [3.8, 4) is 11.6 Å². The number of aryl methyl sites for hydroxylation is 1. The van der Waals surface area contributed by atoms with Crippen LogP contribution in [0.15, 0.2) is 58.1 Å². The molecule has 30 heavy (non-hydrogen) atoms. The first-order valence-electron chi connectivity index (χ1n) is 10.2. The second kappa shape index (κ2) is 7.03. The van der Waals surface area contributed by atoms with Gasteiger partial charge in [0.1, 0.15) is 5.56 Å². The molecule has 0 radical (unpaired) electrons. The van der Waals surface area contributed by atoms with Crippen LogP contribution in [0, 0.1) is 0 Å². The van der Waals surface area contributed by atoms with Crippen LogP contribution in [0.5, 0.6) is 5.88 Å². The molecule has 152 valence electrons. The highest BCUT2D eigenvalue weighted by molar-refractivity contribution is 5.85. The van der Waals surface area contributed by atoms with Gasteiger partial charge in [-0.2, -0.15) is 0 Å². The number of para-hydroxylation sites is 1. The summed E-state index contributed by atoms with van der Waals surface area (Å²) in [5.74, 6) is -0.319. The smallest absolute Gasteiger partial charge is 0.335 e. The number of benzene rings is 2. The van der Waals surface area contributed by atoms with E-state index in [1.54, 1.807) is 12.1 Å². The van der Waals surface area contributed by atoms with Crippen LogP contribution in [0.3, 0.4) is 0 Å². The van der Waals surface area contributed by atoms with Gasteiger partial charge in [-0.1, -0.05) is 37.3 Å². The van der Waals surface area contributed by atoms with Gasteiger partial charge in [-0.05, 0) is 35.7 Å². The quantitative estimate of drug-likeness (QED) is 0.416. The molecule has 0 saturated carbocycles.